The van der Waals surface area contributed by atoms with E-state index in [0.717, 1.165) is 74.8 Å². The highest BCUT2D eigenvalue weighted by atomic mass is 16.2. The molecule has 3 aliphatic rings. The summed E-state index contributed by atoms with van der Waals surface area (Å²) < 4.78 is 0. The molecular formula is C21H29N5O. The van der Waals surface area contributed by atoms with Gasteiger partial charge in [-0.1, -0.05) is 0 Å². The number of nitrogens with one attached hydrogen (secondary N) is 1. The molecule has 5 rings (SSSR count). The average molecular weight is 367 g/mol. The third-order valence-corrected chi connectivity index (χ3v) is 6.62. The van der Waals surface area contributed by atoms with Crippen LogP contribution in [0.3, 0.4) is 0 Å². The van der Waals surface area contributed by atoms with E-state index in [2.05, 4.69) is 24.8 Å². The Morgan fingerprint density at radius 3 is 2.56 bits per heavy atom. The van der Waals surface area contributed by atoms with Crippen molar-refractivity contribution in [1.82, 2.24) is 24.8 Å². The number of nitrogens with zero attached hydrogens (tertiary/aromatic N) is 4. The van der Waals surface area contributed by atoms with Gasteiger partial charge >= 0.3 is 0 Å². The third kappa shape index (κ3) is 3.72. The Morgan fingerprint density at radius 1 is 1.07 bits per heavy atom. The molecule has 1 saturated carbocycles. The van der Waals surface area contributed by atoms with Crippen LogP contribution in [0.25, 0.3) is 11.2 Å². The molecule has 27 heavy (non-hydrogen) atoms. The van der Waals surface area contributed by atoms with E-state index in [4.69, 9.17) is 0 Å². The number of aromatic nitrogens is 3. The van der Waals surface area contributed by atoms with Gasteiger partial charge in [-0.2, -0.15) is 0 Å². The zero-order valence-corrected chi connectivity index (χ0v) is 15.9. The molecule has 0 atom stereocenters. The van der Waals surface area contributed by atoms with E-state index in [-0.39, 0.29) is 5.92 Å². The SMILES string of the molecule is O=C(C1CCN(CC2CC2)CC1)N1CCC(c2nc3ncccc3[nH]2)CC1. The predicted molar refractivity (Wildman–Crippen MR) is 104 cm³/mol. The van der Waals surface area contributed by atoms with Gasteiger partial charge in [0, 0.05) is 37.7 Å². The lowest BCUT2D eigenvalue weighted by Gasteiger charge is -2.37. The van der Waals surface area contributed by atoms with Crippen LogP contribution < -0.4 is 0 Å². The van der Waals surface area contributed by atoms with Crippen LogP contribution in [0.2, 0.25) is 0 Å². The third-order valence-electron chi connectivity index (χ3n) is 6.62. The fourth-order valence-electron chi connectivity index (χ4n) is 4.72. The molecule has 0 aromatic carbocycles. The summed E-state index contributed by atoms with van der Waals surface area (Å²) in [6.45, 7) is 5.19. The van der Waals surface area contributed by atoms with Gasteiger partial charge in [0.15, 0.2) is 5.65 Å². The molecule has 2 aromatic heterocycles. The maximum Gasteiger partial charge on any atom is 0.225 e. The Bertz CT molecular complexity index is 765. The quantitative estimate of drug-likeness (QED) is 0.902. The molecule has 0 radical (unpaired) electrons. The fourth-order valence-corrected chi connectivity index (χ4v) is 4.72. The van der Waals surface area contributed by atoms with Crippen molar-refractivity contribution in [3.05, 3.63) is 24.2 Å². The number of rotatable bonds is 4. The van der Waals surface area contributed by atoms with Crippen LogP contribution in [0.1, 0.15) is 50.3 Å². The van der Waals surface area contributed by atoms with Crippen LogP contribution in [0.4, 0.5) is 0 Å². The lowest BCUT2D eigenvalue weighted by molar-refractivity contribution is -0.138. The summed E-state index contributed by atoms with van der Waals surface area (Å²) in [5.74, 6) is 3.02. The van der Waals surface area contributed by atoms with Gasteiger partial charge in [0.25, 0.3) is 0 Å². The summed E-state index contributed by atoms with van der Waals surface area (Å²) in [6, 6.07) is 3.95. The van der Waals surface area contributed by atoms with E-state index >= 15 is 0 Å². The summed E-state index contributed by atoms with van der Waals surface area (Å²) in [4.78, 5) is 30.0. The molecule has 6 nitrogen and oxygen atoms in total. The zero-order valence-electron chi connectivity index (χ0n) is 15.9. The molecule has 0 bridgehead atoms. The highest BCUT2D eigenvalue weighted by Crippen LogP contribution is 2.32. The average Bonchev–Trinajstić information content (AvgIpc) is 3.42. The van der Waals surface area contributed by atoms with E-state index in [1.165, 1.54) is 19.4 Å². The van der Waals surface area contributed by atoms with Crippen LogP contribution >= 0.6 is 0 Å². The van der Waals surface area contributed by atoms with Gasteiger partial charge in [0.1, 0.15) is 5.82 Å². The number of H-pyrrole nitrogens is 1. The maximum atomic E-state index is 13.0. The summed E-state index contributed by atoms with van der Waals surface area (Å²) in [7, 11) is 0. The molecule has 0 spiro atoms. The number of piperidine rings is 2. The smallest absolute Gasteiger partial charge is 0.225 e. The standard InChI is InChI=1S/C21H29N5O/c27-21(17-5-10-25(11-6-17)14-15-3-4-15)26-12-7-16(8-13-26)19-23-18-2-1-9-22-20(18)24-19/h1-2,9,15-17H,3-8,10-14H2,(H,22,23,24). The largest absolute Gasteiger partial charge is 0.342 e. The number of aromatic amines is 1. The summed E-state index contributed by atoms with van der Waals surface area (Å²) in [5, 5.41) is 0. The topological polar surface area (TPSA) is 65.1 Å². The minimum absolute atomic E-state index is 0.243. The Hall–Kier alpha value is -1.95. The minimum Gasteiger partial charge on any atom is -0.342 e. The minimum atomic E-state index is 0.243. The van der Waals surface area contributed by atoms with Crippen LogP contribution in [0, 0.1) is 11.8 Å². The number of hydrogen-bond donors (Lipinski definition) is 1. The lowest BCUT2D eigenvalue weighted by atomic mass is 9.91. The second-order valence-corrected chi connectivity index (χ2v) is 8.61. The van der Waals surface area contributed by atoms with Crippen molar-refractivity contribution in [3.8, 4) is 0 Å². The van der Waals surface area contributed by atoms with Crippen molar-refractivity contribution in [2.75, 3.05) is 32.7 Å². The lowest BCUT2D eigenvalue weighted by Crippen LogP contribution is -2.45. The molecule has 1 aliphatic carbocycles. The van der Waals surface area contributed by atoms with Crippen molar-refractivity contribution in [2.24, 2.45) is 11.8 Å². The van der Waals surface area contributed by atoms with Gasteiger partial charge in [-0.05, 0) is 69.7 Å². The number of carbonyl (C=O) groups is 1. The first kappa shape index (κ1) is 17.2. The van der Waals surface area contributed by atoms with Gasteiger partial charge in [-0.3, -0.25) is 4.79 Å². The van der Waals surface area contributed by atoms with Crippen LogP contribution in [0.15, 0.2) is 18.3 Å². The summed E-state index contributed by atoms with van der Waals surface area (Å²) >= 11 is 0. The van der Waals surface area contributed by atoms with Gasteiger partial charge in [0.05, 0.1) is 5.52 Å². The molecule has 2 saturated heterocycles. The van der Waals surface area contributed by atoms with E-state index < -0.39 is 0 Å². The van der Waals surface area contributed by atoms with Gasteiger partial charge < -0.3 is 14.8 Å². The number of likely N-dealkylation sites (tertiary alicyclic amines) is 2. The van der Waals surface area contributed by atoms with Gasteiger partial charge in [-0.25, -0.2) is 9.97 Å². The Morgan fingerprint density at radius 2 is 1.85 bits per heavy atom. The highest BCUT2D eigenvalue weighted by Gasteiger charge is 2.33. The second kappa shape index (κ2) is 7.23. The van der Waals surface area contributed by atoms with Crippen molar-refractivity contribution < 1.29 is 4.79 Å². The molecule has 3 fully saturated rings. The molecule has 2 aliphatic heterocycles. The zero-order chi connectivity index (χ0) is 18.2. The Balaban J connectivity index is 1.14. The number of pyridine rings is 1. The van der Waals surface area contributed by atoms with Crippen molar-refractivity contribution >= 4 is 17.1 Å². The normalized spacial score (nSPS) is 23.2. The monoisotopic (exact) mass is 367 g/mol. The first-order chi connectivity index (χ1) is 13.3. The fraction of sp³-hybridized carbons (Fsp3) is 0.667. The summed E-state index contributed by atoms with van der Waals surface area (Å²) in [5.41, 5.74) is 1.80. The van der Waals surface area contributed by atoms with Crippen LogP contribution in [0.5, 0.6) is 0 Å². The van der Waals surface area contributed by atoms with Crippen molar-refractivity contribution in [2.45, 2.75) is 44.4 Å². The number of imidazole rings is 1. The van der Waals surface area contributed by atoms with Gasteiger partial charge in [-0.15, -0.1) is 0 Å². The van der Waals surface area contributed by atoms with E-state index in [1.54, 1.807) is 6.20 Å². The number of hydrogen-bond acceptors (Lipinski definition) is 4. The molecule has 4 heterocycles. The van der Waals surface area contributed by atoms with Crippen molar-refractivity contribution in [3.63, 3.8) is 0 Å². The van der Waals surface area contributed by atoms with E-state index in [9.17, 15) is 4.79 Å². The predicted octanol–water partition coefficient (Wildman–Crippen LogP) is 2.79. The molecule has 1 N–H and O–H groups in total. The first-order valence-electron chi connectivity index (χ1n) is 10.6. The molecule has 6 heteroatoms. The Kier molecular flexibility index (Phi) is 4.60. The molecule has 2 aromatic rings. The first-order valence-corrected chi connectivity index (χ1v) is 10.6. The maximum absolute atomic E-state index is 13.0. The number of carbonyl (C=O) groups excluding carboxylic acids is 1. The van der Waals surface area contributed by atoms with E-state index in [1.807, 2.05) is 12.1 Å². The van der Waals surface area contributed by atoms with Crippen molar-refractivity contribution in [1.29, 1.82) is 0 Å². The molecule has 1 amide bonds. The second-order valence-electron chi connectivity index (χ2n) is 8.61. The highest BCUT2D eigenvalue weighted by molar-refractivity contribution is 5.79. The summed E-state index contributed by atoms with van der Waals surface area (Å²) in [6.07, 6.45) is 8.67. The Labute approximate surface area is 160 Å². The van der Waals surface area contributed by atoms with Crippen LogP contribution in [-0.4, -0.2) is 63.4 Å². The van der Waals surface area contributed by atoms with Crippen LogP contribution in [-0.2, 0) is 4.79 Å². The number of fused-ring (bicyclic) bond motifs is 1. The molecule has 144 valence electrons. The van der Waals surface area contributed by atoms with E-state index in [0.29, 0.717) is 11.8 Å². The molecule has 0 unspecified atom stereocenters. The van der Waals surface area contributed by atoms with Gasteiger partial charge in [0.2, 0.25) is 5.91 Å². The molecular weight excluding hydrogens is 338 g/mol. The number of amides is 1.